The number of ether oxygens (including phenoxy) is 5. The normalized spacial score (nSPS) is 17.2. The van der Waals surface area contributed by atoms with Gasteiger partial charge in [0.15, 0.2) is 11.5 Å². The first-order chi connectivity index (χ1) is 16.2. The van der Waals surface area contributed by atoms with E-state index in [9.17, 15) is 4.79 Å². The molecule has 5 rings (SSSR count). The molecule has 1 fully saturated rings. The van der Waals surface area contributed by atoms with E-state index in [4.69, 9.17) is 23.7 Å². The van der Waals surface area contributed by atoms with E-state index in [1.54, 1.807) is 18.2 Å². The lowest BCUT2D eigenvalue weighted by molar-refractivity contribution is 0.134. The minimum Gasteiger partial charge on any atom is -0.497 e. The summed E-state index contributed by atoms with van der Waals surface area (Å²) in [5.41, 5.74) is 1.63. The molecule has 0 saturated carbocycles. The van der Waals surface area contributed by atoms with E-state index in [0.717, 1.165) is 47.4 Å². The highest BCUT2D eigenvalue weighted by Crippen LogP contribution is 2.35. The third kappa shape index (κ3) is 4.60. The monoisotopic (exact) mass is 450 g/mol. The van der Waals surface area contributed by atoms with Gasteiger partial charge in [-0.05, 0) is 55.7 Å². The third-order valence-electron chi connectivity index (χ3n) is 5.80. The van der Waals surface area contributed by atoms with Crippen molar-refractivity contribution in [3.05, 3.63) is 48.7 Å². The quantitative estimate of drug-likeness (QED) is 0.465. The van der Waals surface area contributed by atoms with Crippen molar-refractivity contribution in [2.45, 2.75) is 25.4 Å². The molecule has 2 aromatic carbocycles. The molecule has 8 heteroatoms. The molecule has 0 radical (unpaired) electrons. The molecule has 1 saturated heterocycles. The minimum atomic E-state index is -0.329. The Bertz CT molecular complexity index is 1150. The number of aromatic nitrogens is 1. The van der Waals surface area contributed by atoms with Gasteiger partial charge >= 0.3 is 6.09 Å². The maximum atomic E-state index is 12.4. The number of amides is 1. The summed E-state index contributed by atoms with van der Waals surface area (Å²) in [6.45, 7) is 2.14. The van der Waals surface area contributed by atoms with Crippen LogP contribution in [-0.2, 0) is 4.74 Å². The van der Waals surface area contributed by atoms with Gasteiger partial charge in [-0.25, -0.2) is 4.79 Å². The highest BCUT2D eigenvalue weighted by Gasteiger charge is 2.32. The van der Waals surface area contributed by atoms with Crippen LogP contribution in [0.25, 0.3) is 10.9 Å². The summed E-state index contributed by atoms with van der Waals surface area (Å²) in [4.78, 5) is 18.4. The van der Waals surface area contributed by atoms with Gasteiger partial charge in [0.25, 0.3) is 0 Å². The molecule has 0 unspecified atom stereocenters. The lowest BCUT2D eigenvalue weighted by Gasteiger charge is -2.21. The van der Waals surface area contributed by atoms with Crippen molar-refractivity contribution < 1.29 is 28.5 Å². The Labute approximate surface area is 192 Å². The number of anilines is 1. The van der Waals surface area contributed by atoms with Crippen LogP contribution in [0.4, 0.5) is 10.5 Å². The maximum Gasteiger partial charge on any atom is 0.414 e. The fraction of sp³-hybridized carbons (Fsp3) is 0.360. The Morgan fingerprint density at radius 1 is 1.06 bits per heavy atom. The molecule has 0 spiro atoms. The highest BCUT2D eigenvalue weighted by atomic mass is 16.6. The molecule has 33 heavy (non-hydrogen) atoms. The zero-order chi connectivity index (χ0) is 22.6. The third-order valence-corrected chi connectivity index (χ3v) is 5.80. The van der Waals surface area contributed by atoms with E-state index in [2.05, 4.69) is 4.98 Å². The van der Waals surface area contributed by atoms with Gasteiger partial charge in [-0.1, -0.05) is 0 Å². The largest absolute Gasteiger partial charge is 0.497 e. The average Bonchev–Trinajstić information content (AvgIpc) is 3.23. The van der Waals surface area contributed by atoms with Crippen molar-refractivity contribution in [3.8, 4) is 23.0 Å². The summed E-state index contributed by atoms with van der Waals surface area (Å²) in [5.74, 6) is 2.92. The Morgan fingerprint density at radius 3 is 2.82 bits per heavy atom. The van der Waals surface area contributed by atoms with Gasteiger partial charge in [-0.2, -0.15) is 0 Å². The number of methoxy groups -OCH3 is 1. The number of pyridine rings is 1. The summed E-state index contributed by atoms with van der Waals surface area (Å²) in [6, 6.07) is 13.1. The first-order valence-corrected chi connectivity index (χ1v) is 11.1. The molecule has 0 bridgehead atoms. The number of nitrogens with zero attached hydrogens (tertiary/aromatic N) is 2. The van der Waals surface area contributed by atoms with E-state index in [1.807, 2.05) is 42.5 Å². The lowest BCUT2D eigenvalue weighted by Crippen LogP contribution is -2.25. The average molecular weight is 450 g/mol. The molecule has 2 aliphatic rings. The first-order valence-electron chi connectivity index (χ1n) is 11.1. The Balaban J connectivity index is 1.11. The first kappa shape index (κ1) is 21.2. The number of cyclic esters (lactones) is 1. The van der Waals surface area contributed by atoms with Gasteiger partial charge < -0.3 is 23.7 Å². The molecular formula is C25H26N2O6. The second kappa shape index (κ2) is 9.44. The van der Waals surface area contributed by atoms with Crippen molar-refractivity contribution >= 4 is 22.7 Å². The van der Waals surface area contributed by atoms with Crippen molar-refractivity contribution in [1.29, 1.82) is 0 Å². The topological polar surface area (TPSA) is 79.4 Å². The molecule has 1 amide bonds. The number of benzene rings is 2. The number of hydrogen-bond acceptors (Lipinski definition) is 7. The number of hydrogen-bond donors (Lipinski definition) is 0. The van der Waals surface area contributed by atoms with Crippen LogP contribution >= 0.6 is 0 Å². The van der Waals surface area contributed by atoms with Crippen LogP contribution in [0.15, 0.2) is 48.7 Å². The van der Waals surface area contributed by atoms with Gasteiger partial charge in [0.2, 0.25) is 0 Å². The fourth-order valence-corrected chi connectivity index (χ4v) is 4.09. The molecule has 1 aromatic heterocycles. The van der Waals surface area contributed by atoms with E-state index in [-0.39, 0.29) is 12.2 Å². The predicted octanol–water partition coefficient (Wildman–Crippen LogP) is 4.59. The van der Waals surface area contributed by atoms with Gasteiger partial charge in [0, 0.05) is 17.6 Å². The smallest absolute Gasteiger partial charge is 0.414 e. The molecule has 0 N–H and O–H groups in total. The molecule has 8 nitrogen and oxygen atoms in total. The van der Waals surface area contributed by atoms with E-state index >= 15 is 0 Å². The molecule has 172 valence electrons. The summed E-state index contributed by atoms with van der Waals surface area (Å²) < 4.78 is 28.1. The second-order valence-electron chi connectivity index (χ2n) is 7.98. The summed E-state index contributed by atoms with van der Waals surface area (Å²) in [6.07, 6.45) is 3.79. The van der Waals surface area contributed by atoms with E-state index in [0.29, 0.717) is 37.9 Å². The molecule has 0 aliphatic carbocycles. The molecule has 3 heterocycles. The minimum absolute atomic E-state index is 0.142. The van der Waals surface area contributed by atoms with Crippen LogP contribution in [0.3, 0.4) is 0 Å². The van der Waals surface area contributed by atoms with Crippen LogP contribution < -0.4 is 23.8 Å². The Kier molecular flexibility index (Phi) is 6.06. The number of rotatable bonds is 8. The second-order valence-corrected chi connectivity index (χ2v) is 7.98. The van der Waals surface area contributed by atoms with Crippen molar-refractivity contribution in [3.63, 3.8) is 0 Å². The fourth-order valence-electron chi connectivity index (χ4n) is 4.09. The molecule has 1 atom stereocenters. The SMILES string of the molecule is COc1ccc2nccc(OCCCC[C@@H]3CN(c4ccc5c(c4)OCCO5)C(=O)O3)c2c1. The van der Waals surface area contributed by atoms with Crippen LogP contribution in [0, 0.1) is 0 Å². The van der Waals surface area contributed by atoms with Crippen LogP contribution in [0.1, 0.15) is 19.3 Å². The molecule has 2 aliphatic heterocycles. The van der Waals surface area contributed by atoms with Gasteiger partial charge in [-0.15, -0.1) is 0 Å². The molecular weight excluding hydrogens is 424 g/mol. The lowest BCUT2D eigenvalue weighted by atomic mass is 10.1. The van der Waals surface area contributed by atoms with Crippen LogP contribution in [0.2, 0.25) is 0 Å². The van der Waals surface area contributed by atoms with Crippen LogP contribution in [-0.4, -0.2) is 50.7 Å². The maximum absolute atomic E-state index is 12.4. The van der Waals surface area contributed by atoms with E-state index in [1.165, 1.54) is 0 Å². The van der Waals surface area contributed by atoms with E-state index < -0.39 is 0 Å². The standard InChI is InChI=1S/C25H26N2O6/c1-29-18-6-7-21-20(15-18)22(9-10-26-21)30-11-3-2-4-19-16-27(25(28)33-19)17-5-8-23-24(14-17)32-13-12-31-23/h5-10,14-15,19H,2-4,11-13,16H2,1H3/t19-/m1/s1. The number of fused-ring (bicyclic) bond motifs is 2. The van der Waals surface area contributed by atoms with Crippen molar-refractivity contribution in [2.24, 2.45) is 0 Å². The number of carbonyl (C=O) groups is 1. The predicted molar refractivity (Wildman–Crippen MR) is 123 cm³/mol. The Morgan fingerprint density at radius 2 is 1.94 bits per heavy atom. The summed E-state index contributed by atoms with van der Waals surface area (Å²) >= 11 is 0. The molecule has 3 aromatic rings. The number of carbonyl (C=O) groups excluding carboxylic acids is 1. The van der Waals surface area contributed by atoms with Crippen LogP contribution in [0.5, 0.6) is 23.0 Å². The van der Waals surface area contributed by atoms with Gasteiger partial charge in [0.1, 0.15) is 30.8 Å². The summed E-state index contributed by atoms with van der Waals surface area (Å²) in [7, 11) is 1.64. The van der Waals surface area contributed by atoms with Crippen molar-refractivity contribution in [2.75, 3.05) is 38.4 Å². The van der Waals surface area contributed by atoms with Gasteiger partial charge in [0.05, 0.1) is 31.5 Å². The Hall–Kier alpha value is -3.68. The van der Waals surface area contributed by atoms with Gasteiger partial charge in [-0.3, -0.25) is 9.88 Å². The number of unbranched alkanes of at least 4 members (excludes halogenated alkanes) is 1. The zero-order valence-electron chi connectivity index (χ0n) is 18.5. The van der Waals surface area contributed by atoms with Crippen molar-refractivity contribution in [1.82, 2.24) is 4.98 Å². The summed E-state index contributed by atoms with van der Waals surface area (Å²) in [5, 5.41) is 0.927. The highest BCUT2D eigenvalue weighted by molar-refractivity contribution is 5.90. The zero-order valence-corrected chi connectivity index (χ0v) is 18.5.